The summed E-state index contributed by atoms with van der Waals surface area (Å²) in [5, 5.41) is 14.0. The molecular formula is C13H13N3O3S. The van der Waals surface area contributed by atoms with Gasteiger partial charge in [0.2, 0.25) is 0 Å². The third kappa shape index (κ3) is 3.40. The number of carbonyl (C=O) groups is 2. The van der Waals surface area contributed by atoms with E-state index in [2.05, 4.69) is 10.3 Å². The van der Waals surface area contributed by atoms with Crippen LogP contribution in [0.3, 0.4) is 0 Å². The predicted molar refractivity (Wildman–Crippen MR) is 76.2 cm³/mol. The Labute approximate surface area is 119 Å². The number of hydrogen-bond donors (Lipinski definition) is 3. The largest absolute Gasteiger partial charge is 0.478 e. The second-order valence-corrected chi connectivity index (χ2v) is 4.95. The number of anilines is 1. The molecule has 7 heteroatoms. The number of nitrogens with two attached hydrogens (primary N) is 1. The van der Waals surface area contributed by atoms with Crippen LogP contribution in [0.15, 0.2) is 29.6 Å². The van der Waals surface area contributed by atoms with E-state index in [9.17, 15) is 9.59 Å². The van der Waals surface area contributed by atoms with Crippen molar-refractivity contribution >= 4 is 28.9 Å². The lowest BCUT2D eigenvalue weighted by atomic mass is 10.2. The number of benzene rings is 1. The molecule has 1 aromatic carbocycles. The Bertz CT molecular complexity index is 639. The van der Waals surface area contributed by atoms with Crippen LogP contribution >= 0.6 is 11.3 Å². The van der Waals surface area contributed by atoms with Gasteiger partial charge in [-0.15, -0.1) is 11.3 Å². The molecule has 4 N–H and O–H groups in total. The zero-order valence-corrected chi connectivity index (χ0v) is 11.3. The normalized spacial score (nSPS) is 10.2. The molecular weight excluding hydrogens is 278 g/mol. The van der Waals surface area contributed by atoms with Gasteiger partial charge < -0.3 is 16.2 Å². The van der Waals surface area contributed by atoms with Crippen molar-refractivity contribution in [3.8, 4) is 0 Å². The molecule has 0 spiro atoms. The van der Waals surface area contributed by atoms with Gasteiger partial charge in [0, 0.05) is 17.5 Å². The number of rotatable bonds is 5. The van der Waals surface area contributed by atoms with E-state index < -0.39 is 5.97 Å². The molecule has 0 saturated heterocycles. The highest BCUT2D eigenvalue weighted by molar-refractivity contribution is 7.09. The summed E-state index contributed by atoms with van der Waals surface area (Å²) in [4.78, 5) is 27.0. The van der Waals surface area contributed by atoms with Gasteiger partial charge in [0.25, 0.3) is 5.91 Å². The summed E-state index contributed by atoms with van der Waals surface area (Å²) in [5.74, 6) is -1.41. The third-order valence-electron chi connectivity index (χ3n) is 2.51. The van der Waals surface area contributed by atoms with Crippen LogP contribution in [-0.4, -0.2) is 28.5 Å². The molecule has 20 heavy (non-hydrogen) atoms. The zero-order valence-electron chi connectivity index (χ0n) is 10.5. The Balaban J connectivity index is 2.10. The van der Waals surface area contributed by atoms with Gasteiger partial charge in [-0.25, -0.2) is 9.78 Å². The topological polar surface area (TPSA) is 105 Å². The summed E-state index contributed by atoms with van der Waals surface area (Å²) in [6, 6.07) is 6.05. The molecule has 104 valence electrons. The molecule has 0 fully saturated rings. The number of aromatic nitrogens is 1. The Hall–Kier alpha value is -2.25. The smallest absolute Gasteiger partial charge is 0.335 e. The Morgan fingerprint density at radius 1 is 1.40 bits per heavy atom. The lowest BCUT2D eigenvalue weighted by Crippen LogP contribution is -2.13. The Morgan fingerprint density at radius 3 is 2.90 bits per heavy atom. The number of carbonyl (C=O) groups excluding carboxylic acids is 1. The summed E-state index contributed by atoms with van der Waals surface area (Å²) in [6.07, 6.45) is 0.631. The van der Waals surface area contributed by atoms with Gasteiger partial charge >= 0.3 is 5.97 Å². The SMILES string of the molecule is NCCc1nc(C(=O)Nc2cccc(C(=O)O)c2)cs1. The van der Waals surface area contributed by atoms with Gasteiger partial charge in [-0.1, -0.05) is 6.07 Å². The highest BCUT2D eigenvalue weighted by atomic mass is 32.1. The maximum atomic E-state index is 12.0. The molecule has 2 rings (SSSR count). The van der Waals surface area contributed by atoms with Crippen molar-refractivity contribution < 1.29 is 14.7 Å². The number of carboxylic acids is 1. The van der Waals surface area contributed by atoms with Crippen molar-refractivity contribution in [2.75, 3.05) is 11.9 Å². The van der Waals surface area contributed by atoms with Gasteiger partial charge in [-0.2, -0.15) is 0 Å². The van der Waals surface area contributed by atoms with E-state index in [0.717, 1.165) is 5.01 Å². The van der Waals surface area contributed by atoms with E-state index in [-0.39, 0.29) is 11.5 Å². The number of carboxylic acid groups (broad SMARTS) is 1. The fourth-order valence-electron chi connectivity index (χ4n) is 1.58. The Morgan fingerprint density at radius 2 is 2.20 bits per heavy atom. The first kappa shape index (κ1) is 14.2. The number of hydrogen-bond acceptors (Lipinski definition) is 5. The molecule has 0 saturated carbocycles. The molecule has 1 aromatic heterocycles. The number of thiazole rings is 1. The van der Waals surface area contributed by atoms with Crippen LogP contribution in [0.5, 0.6) is 0 Å². The quantitative estimate of drug-likeness (QED) is 0.776. The maximum Gasteiger partial charge on any atom is 0.335 e. The molecule has 1 amide bonds. The maximum absolute atomic E-state index is 12.0. The van der Waals surface area contributed by atoms with Gasteiger partial charge in [-0.3, -0.25) is 4.79 Å². The van der Waals surface area contributed by atoms with Crippen LogP contribution in [0.1, 0.15) is 25.9 Å². The van der Waals surface area contributed by atoms with Crippen LogP contribution < -0.4 is 11.1 Å². The lowest BCUT2D eigenvalue weighted by molar-refractivity contribution is 0.0696. The van der Waals surface area contributed by atoms with E-state index >= 15 is 0 Å². The van der Waals surface area contributed by atoms with Crippen molar-refractivity contribution in [2.45, 2.75) is 6.42 Å². The lowest BCUT2D eigenvalue weighted by Gasteiger charge is -2.04. The Kier molecular flexibility index (Phi) is 4.44. The minimum atomic E-state index is -1.04. The van der Waals surface area contributed by atoms with E-state index in [0.29, 0.717) is 24.3 Å². The van der Waals surface area contributed by atoms with Crippen LogP contribution in [0.2, 0.25) is 0 Å². The molecule has 6 nitrogen and oxygen atoms in total. The second kappa shape index (κ2) is 6.27. The van der Waals surface area contributed by atoms with E-state index in [1.54, 1.807) is 17.5 Å². The summed E-state index contributed by atoms with van der Waals surface area (Å²) in [6.45, 7) is 0.481. The highest BCUT2D eigenvalue weighted by Gasteiger charge is 2.11. The van der Waals surface area contributed by atoms with E-state index in [4.69, 9.17) is 10.8 Å². The number of amides is 1. The van der Waals surface area contributed by atoms with Gasteiger partial charge in [-0.05, 0) is 24.7 Å². The summed E-state index contributed by atoms with van der Waals surface area (Å²) < 4.78 is 0. The molecule has 2 aromatic rings. The first-order chi connectivity index (χ1) is 9.60. The van der Waals surface area contributed by atoms with Crippen LogP contribution in [0.25, 0.3) is 0 Å². The van der Waals surface area contributed by atoms with Gasteiger partial charge in [0.05, 0.1) is 10.6 Å². The monoisotopic (exact) mass is 291 g/mol. The summed E-state index contributed by atoms with van der Waals surface area (Å²) >= 11 is 1.38. The fraction of sp³-hybridized carbons (Fsp3) is 0.154. The predicted octanol–water partition coefficient (Wildman–Crippen LogP) is 1.59. The number of nitrogens with one attached hydrogen (secondary N) is 1. The van der Waals surface area contributed by atoms with E-state index in [1.165, 1.54) is 23.5 Å². The highest BCUT2D eigenvalue weighted by Crippen LogP contribution is 2.14. The first-order valence-electron chi connectivity index (χ1n) is 5.89. The van der Waals surface area contributed by atoms with Crippen molar-refractivity contribution in [1.82, 2.24) is 4.98 Å². The van der Waals surface area contributed by atoms with E-state index in [1.807, 2.05) is 0 Å². The standard InChI is InChI=1S/C13H13N3O3S/c14-5-4-11-16-10(7-20-11)12(17)15-9-3-1-2-8(6-9)13(18)19/h1-3,6-7H,4-5,14H2,(H,15,17)(H,18,19). The number of aromatic carboxylic acids is 1. The van der Waals surface area contributed by atoms with Crippen molar-refractivity contribution in [3.63, 3.8) is 0 Å². The summed E-state index contributed by atoms with van der Waals surface area (Å²) in [7, 11) is 0. The molecule has 0 aliphatic heterocycles. The first-order valence-corrected chi connectivity index (χ1v) is 6.77. The third-order valence-corrected chi connectivity index (χ3v) is 3.42. The van der Waals surface area contributed by atoms with Crippen molar-refractivity contribution in [2.24, 2.45) is 5.73 Å². The molecule has 0 atom stereocenters. The van der Waals surface area contributed by atoms with Crippen LogP contribution in [0, 0.1) is 0 Å². The molecule has 0 aliphatic rings. The van der Waals surface area contributed by atoms with Crippen molar-refractivity contribution in [3.05, 3.63) is 45.9 Å². The van der Waals surface area contributed by atoms with Crippen molar-refractivity contribution in [1.29, 1.82) is 0 Å². The zero-order chi connectivity index (χ0) is 14.5. The summed E-state index contributed by atoms with van der Waals surface area (Å²) in [5.41, 5.74) is 6.27. The molecule has 1 heterocycles. The van der Waals surface area contributed by atoms with Crippen LogP contribution in [0.4, 0.5) is 5.69 Å². The number of nitrogens with zero attached hydrogens (tertiary/aromatic N) is 1. The van der Waals surface area contributed by atoms with Crippen LogP contribution in [-0.2, 0) is 6.42 Å². The average molecular weight is 291 g/mol. The molecule has 0 radical (unpaired) electrons. The minimum Gasteiger partial charge on any atom is -0.478 e. The second-order valence-electron chi connectivity index (χ2n) is 4.01. The molecule has 0 unspecified atom stereocenters. The molecule has 0 aliphatic carbocycles. The minimum absolute atomic E-state index is 0.116. The van der Waals surface area contributed by atoms with Gasteiger partial charge in [0.15, 0.2) is 0 Å². The fourth-order valence-corrected chi connectivity index (χ4v) is 2.37. The molecule has 0 bridgehead atoms. The van der Waals surface area contributed by atoms with Gasteiger partial charge in [0.1, 0.15) is 5.69 Å². The average Bonchev–Trinajstić information content (AvgIpc) is 2.88.